The fraction of sp³-hybridized carbons (Fsp3) is 0.125. The normalized spacial score (nSPS) is 10.8. The minimum atomic E-state index is -0.678. The van der Waals surface area contributed by atoms with Crippen molar-refractivity contribution in [1.29, 1.82) is 0 Å². The van der Waals surface area contributed by atoms with E-state index in [0.29, 0.717) is 10.0 Å². The zero-order chi connectivity index (χ0) is 17.7. The van der Waals surface area contributed by atoms with Gasteiger partial charge in [0, 0.05) is 6.07 Å². The second-order valence-corrected chi connectivity index (χ2v) is 5.43. The van der Waals surface area contributed by atoms with Gasteiger partial charge < -0.3 is 4.74 Å². The van der Waals surface area contributed by atoms with Gasteiger partial charge in [-0.25, -0.2) is 9.78 Å². The number of halogens is 2. The van der Waals surface area contributed by atoms with Crippen LogP contribution in [0.4, 0.5) is 5.69 Å². The minimum Gasteiger partial charge on any atom is -0.462 e. The van der Waals surface area contributed by atoms with E-state index in [1.807, 2.05) is 0 Å². The van der Waals surface area contributed by atoms with Gasteiger partial charge in [0.15, 0.2) is 0 Å². The Morgan fingerprint density at radius 3 is 2.67 bits per heavy atom. The van der Waals surface area contributed by atoms with E-state index in [4.69, 9.17) is 27.9 Å². The molecular formula is C16H12Cl2N2O4. The zero-order valence-corrected chi connectivity index (χ0v) is 14.0. The molecule has 2 rings (SSSR count). The summed E-state index contributed by atoms with van der Waals surface area (Å²) in [5, 5.41) is 11.7. The van der Waals surface area contributed by atoms with E-state index in [0.717, 1.165) is 17.8 Å². The largest absolute Gasteiger partial charge is 0.462 e. The molecule has 0 aliphatic rings. The quantitative estimate of drug-likeness (QED) is 0.437. The average Bonchev–Trinajstić information content (AvgIpc) is 2.56. The molecule has 8 heteroatoms. The molecule has 1 heterocycles. The Bertz CT molecular complexity index is 822. The molecule has 0 saturated heterocycles. The molecule has 0 saturated carbocycles. The molecule has 0 unspecified atom stereocenters. The monoisotopic (exact) mass is 366 g/mol. The van der Waals surface area contributed by atoms with Crippen molar-refractivity contribution in [2.75, 3.05) is 6.61 Å². The van der Waals surface area contributed by atoms with Crippen molar-refractivity contribution in [1.82, 2.24) is 4.98 Å². The van der Waals surface area contributed by atoms with Gasteiger partial charge >= 0.3 is 5.97 Å². The Hall–Kier alpha value is -2.44. The molecule has 0 radical (unpaired) electrons. The van der Waals surface area contributed by atoms with Gasteiger partial charge in [0.25, 0.3) is 5.69 Å². The van der Waals surface area contributed by atoms with Crippen molar-refractivity contribution in [3.05, 3.63) is 67.4 Å². The van der Waals surface area contributed by atoms with Crippen molar-refractivity contribution in [3.8, 4) is 0 Å². The Kier molecular flexibility index (Phi) is 5.89. The number of nitrogens with zero attached hydrogens (tertiary/aromatic N) is 2. The van der Waals surface area contributed by atoms with Crippen LogP contribution in [0.25, 0.3) is 12.2 Å². The molecule has 24 heavy (non-hydrogen) atoms. The minimum absolute atomic E-state index is 0.0161. The SMILES string of the molecule is CCOC(=O)c1cc([N+](=O)[O-])cnc1/C=C\c1ccc(Cl)c(Cl)c1. The standard InChI is InChI=1S/C16H12Cl2N2O4/c1-2-24-16(21)12-8-11(20(22)23)9-19-15(12)6-4-10-3-5-13(17)14(18)7-10/h3-9H,2H2,1H3/b6-4-. The van der Waals surface area contributed by atoms with Crippen LogP contribution in [0.3, 0.4) is 0 Å². The number of carbonyl (C=O) groups is 1. The molecular weight excluding hydrogens is 355 g/mol. The summed E-state index contributed by atoms with van der Waals surface area (Å²) in [6.45, 7) is 1.80. The van der Waals surface area contributed by atoms with Crippen molar-refractivity contribution in [2.24, 2.45) is 0 Å². The summed E-state index contributed by atoms with van der Waals surface area (Å²) in [7, 11) is 0. The Labute approximate surface area is 147 Å². The highest BCUT2D eigenvalue weighted by molar-refractivity contribution is 6.42. The average molecular weight is 367 g/mol. The van der Waals surface area contributed by atoms with E-state index < -0.39 is 10.9 Å². The molecule has 6 nitrogen and oxygen atoms in total. The molecule has 0 fully saturated rings. The van der Waals surface area contributed by atoms with Crippen molar-refractivity contribution < 1.29 is 14.5 Å². The second-order valence-electron chi connectivity index (χ2n) is 4.61. The first-order chi connectivity index (χ1) is 11.4. The van der Waals surface area contributed by atoms with Crippen LogP contribution in [-0.2, 0) is 4.74 Å². The van der Waals surface area contributed by atoms with Crippen LogP contribution in [0.15, 0.2) is 30.5 Å². The molecule has 2 aromatic rings. The maximum absolute atomic E-state index is 12.0. The number of rotatable bonds is 5. The topological polar surface area (TPSA) is 82.3 Å². The lowest BCUT2D eigenvalue weighted by Crippen LogP contribution is -2.08. The first kappa shape index (κ1) is 17.9. The highest BCUT2D eigenvalue weighted by atomic mass is 35.5. The maximum atomic E-state index is 12.0. The summed E-state index contributed by atoms with van der Waals surface area (Å²) in [4.78, 5) is 26.2. The van der Waals surface area contributed by atoms with Gasteiger partial charge in [-0.3, -0.25) is 10.1 Å². The van der Waals surface area contributed by atoms with Crippen LogP contribution in [0, 0.1) is 10.1 Å². The zero-order valence-electron chi connectivity index (χ0n) is 12.5. The molecule has 0 atom stereocenters. The first-order valence-electron chi connectivity index (χ1n) is 6.87. The lowest BCUT2D eigenvalue weighted by molar-refractivity contribution is -0.385. The van der Waals surface area contributed by atoms with Crippen LogP contribution in [-0.4, -0.2) is 22.5 Å². The van der Waals surface area contributed by atoms with Gasteiger partial charge in [0.1, 0.15) is 6.20 Å². The third-order valence-electron chi connectivity index (χ3n) is 2.99. The number of esters is 1. The molecule has 0 aliphatic heterocycles. The van der Waals surface area contributed by atoms with Gasteiger partial charge in [-0.15, -0.1) is 0 Å². The Morgan fingerprint density at radius 1 is 1.29 bits per heavy atom. The van der Waals surface area contributed by atoms with Crippen LogP contribution in [0.1, 0.15) is 28.5 Å². The number of aromatic nitrogens is 1. The number of carbonyl (C=O) groups excluding carboxylic acids is 1. The molecule has 1 aromatic carbocycles. The summed E-state index contributed by atoms with van der Waals surface area (Å²) in [5.41, 5.74) is 0.719. The van der Waals surface area contributed by atoms with E-state index in [1.165, 1.54) is 0 Å². The number of ether oxygens (including phenoxy) is 1. The van der Waals surface area contributed by atoms with E-state index in [9.17, 15) is 14.9 Å². The van der Waals surface area contributed by atoms with E-state index in [-0.39, 0.29) is 23.6 Å². The van der Waals surface area contributed by atoms with Gasteiger partial charge in [-0.2, -0.15) is 0 Å². The molecule has 0 bridgehead atoms. The highest BCUT2D eigenvalue weighted by Gasteiger charge is 2.17. The number of pyridine rings is 1. The van der Waals surface area contributed by atoms with Crippen molar-refractivity contribution in [3.63, 3.8) is 0 Å². The van der Waals surface area contributed by atoms with Crippen LogP contribution < -0.4 is 0 Å². The van der Waals surface area contributed by atoms with Gasteiger partial charge in [0.05, 0.1) is 32.8 Å². The van der Waals surface area contributed by atoms with Crippen molar-refractivity contribution in [2.45, 2.75) is 6.92 Å². The molecule has 0 aliphatic carbocycles. The summed E-state index contributed by atoms with van der Waals surface area (Å²) in [6, 6.07) is 6.16. The second kappa shape index (κ2) is 7.90. The van der Waals surface area contributed by atoms with E-state index in [2.05, 4.69) is 4.98 Å². The van der Waals surface area contributed by atoms with Crippen molar-refractivity contribution >= 4 is 47.0 Å². The number of benzene rings is 1. The molecule has 0 amide bonds. The van der Waals surface area contributed by atoms with E-state index >= 15 is 0 Å². The Morgan fingerprint density at radius 2 is 2.04 bits per heavy atom. The summed E-state index contributed by atoms with van der Waals surface area (Å²) < 4.78 is 4.92. The molecule has 124 valence electrons. The van der Waals surface area contributed by atoms with Gasteiger partial charge in [-0.1, -0.05) is 35.3 Å². The Balaban J connectivity index is 2.40. The molecule has 0 N–H and O–H groups in total. The fourth-order valence-electron chi connectivity index (χ4n) is 1.86. The number of nitro groups is 1. The predicted octanol–water partition coefficient (Wildman–Crippen LogP) is 4.64. The smallest absolute Gasteiger partial charge is 0.340 e. The van der Waals surface area contributed by atoms with Crippen LogP contribution >= 0.6 is 23.2 Å². The molecule has 1 aromatic heterocycles. The molecule has 0 spiro atoms. The fourth-order valence-corrected chi connectivity index (χ4v) is 2.17. The lowest BCUT2D eigenvalue weighted by atomic mass is 10.1. The summed E-state index contributed by atoms with van der Waals surface area (Å²) >= 11 is 11.8. The predicted molar refractivity (Wildman–Crippen MR) is 92.2 cm³/mol. The maximum Gasteiger partial charge on any atom is 0.340 e. The first-order valence-corrected chi connectivity index (χ1v) is 7.62. The van der Waals surface area contributed by atoms with Gasteiger partial charge in [-0.05, 0) is 30.7 Å². The summed E-state index contributed by atoms with van der Waals surface area (Å²) in [6.07, 6.45) is 4.30. The van der Waals surface area contributed by atoms with Crippen LogP contribution in [0.5, 0.6) is 0 Å². The van der Waals surface area contributed by atoms with Gasteiger partial charge in [0.2, 0.25) is 0 Å². The third kappa shape index (κ3) is 4.31. The number of hydrogen-bond acceptors (Lipinski definition) is 5. The number of hydrogen-bond donors (Lipinski definition) is 0. The third-order valence-corrected chi connectivity index (χ3v) is 3.73. The lowest BCUT2D eigenvalue weighted by Gasteiger charge is -2.05. The van der Waals surface area contributed by atoms with E-state index in [1.54, 1.807) is 37.3 Å². The highest BCUT2D eigenvalue weighted by Crippen LogP contribution is 2.24. The summed E-state index contributed by atoms with van der Waals surface area (Å²) in [5.74, 6) is -0.678. The van der Waals surface area contributed by atoms with Crippen LogP contribution in [0.2, 0.25) is 10.0 Å².